The van der Waals surface area contributed by atoms with Gasteiger partial charge in [0.25, 0.3) is 0 Å². The Morgan fingerprint density at radius 2 is 1.16 bits per heavy atom. The van der Waals surface area contributed by atoms with Crippen LogP contribution in [0, 0.1) is 0 Å². The maximum Gasteiger partial charge on any atom is 0.305 e. The first-order chi connectivity index (χ1) is 21.6. The predicted octanol–water partition coefficient (Wildman–Crippen LogP) is 3.33. The average molecular weight is 648 g/mol. The van der Waals surface area contributed by atoms with Gasteiger partial charge in [-0.1, -0.05) is 51.9 Å². The van der Waals surface area contributed by atoms with E-state index in [0.29, 0.717) is 19.4 Å². The van der Waals surface area contributed by atoms with Crippen molar-refractivity contribution in [2.45, 2.75) is 128 Å². The molecule has 1 fully saturated rings. The maximum atomic E-state index is 12.5. The number of ether oxygens (including phenoxy) is 5. The molecule has 1 aliphatic heterocycles. The van der Waals surface area contributed by atoms with Crippen LogP contribution in [0.15, 0.2) is 0 Å². The van der Waals surface area contributed by atoms with Crippen molar-refractivity contribution >= 4 is 29.8 Å². The largest absolute Gasteiger partial charge is 0.481 e. The van der Waals surface area contributed by atoms with Crippen molar-refractivity contribution in [3.05, 3.63) is 0 Å². The van der Waals surface area contributed by atoms with E-state index < -0.39 is 42.3 Å². The van der Waals surface area contributed by atoms with Crippen LogP contribution in [-0.2, 0) is 47.7 Å². The number of carboxylic acids is 3. The summed E-state index contributed by atoms with van der Waals surface area (Å²) in [6, 6.07) is 0. The first-order valence-electron chi connectivity index (χ1n) is 16.2. The van der Waals surface area contributed by atoms with Gasteiger partial charge >= 0.3 is 23.9 Å². The molecule has 0 aromatic carbocycles. The third-order valence-electron chi connectivity index (χ3n) is 7.23. The summed E-state index contributed by atoms with van der Waals surface area (Å²) in [6.07, 6.45) is 6.26. The first kappa shape index (κ1) is 40.2. The SMILES string of the molecule is CCCCOC(=O)CCCCCCCCCCC(=O)NCC1OC[C@H](OCCC(=O)O)[C@@H](OCCC(=O)O)[C@@H]1OCCC(=O)O. The van der Waals surface area contributed by atoms with Crippen LogP contribution < -0.4 is 5.32 Å². The van der Waals surface area contributed by atoms with E-state index in [1.165, 1.54) is 0 Å². The molecule has 4 atom stereocenters. The second-order valence-electron chi connectivity index (χ2n) is 11.1. The molecule has 1 amide bonds. The fourth-order valence-electron chi connectivity index (χ4n) is 4.74. The molecular weight excluding hydrogens is 594 g/mol. The number of carbonyl (C=O) groups excluding carboxylic acids is 2. The number of esters is 1. The second kappa shape index (κ2) is 25.4. The molecule has 0 radical (unpaired) electrons. The Balaban J connectivity index is 2.45. The van der Waals surface area contributed by atoms with Gasteiger partial charge in [-0.2, -0.15) is 0 Å². The molecule has 260 valence electrons. The van der Waals surface area contributed by atoms with Gasteiger partial charge in [0.1, 0.15) is 24.4 Å². The van der Waals surface area contributed by atoms with E-state index in [0.717, 1.165) is 64.2 Å². The standard InChI is InChI=1S/C31H53NO13/c1-2-3-17-42-29(40)13-11-9-7-5-4-6-8-10-12-25(33)32-21-23-30(43-19-15-27(36)37)31(44-20-16-28(38)39)24(22-45-23)41-18-14-26(34)35/h23-24,30-31H,2-22H2,1H3,(H,32,33)(H,34,35)(H,36,37)(H,38,39)/t23?,24-,30+,31+/m0/s1. The van der Waals surface area contributed by atoms with Crippen LogP contribution in [0.1, 0.15) is 103 Å². The summed E-state index contributed by atoms with van der Waals surface area (Å²) in [5.41, 5.74) is 0. The topological polar surface area (TPSA) is 204 Å². The van der Waals surface area contributed by atoms with Crippen LogP contribution in [0.3, 0.4) is 0 Å². The van der Waals surface area contributed by atoms with Gasteiger partial charge in [0.05, 0.1) is 52.3 Å². The van der Waals surface area contributed by atoms with Crippen molar-refractivity contribution in [2.24, 2.45) is 0 Å². The molecule has 1 saturated heterocycles. The molecule has 0 spiro atoms. The lowest BCUT2D eigenvalue weighted by atomic mass is 9.98. The zero-order valence-electron chi connectivity index (χ0n) is 26.6. The van der Waals surface area contributed by atoms with Crippen LogP contribution in [0.4, 0.5) is 0 Å². The summed E-state index contributed by atoms with van der Waals surface area (Å²) >= 11 is 0. The highest BCUT2D eigenvalue weighted by Crippen LogP contribution is 2.24. The van der Waals surface area contributed by atoms with Crippen molar-refractivity contribution in [3.8, 4) is 0 Å². The summed E-state index contributed by atoms with van der Waals surface area (Å²) in [6.45, 7) is 2.11. The second-order valence-corrected chi connectivity index (χ2v) is 11.1. The number of hydrogen-bond acceptors (Lipinski definition) is 10. The maximum absolute atomic E-state index is 12.5. The van der Waals surface area contributed by atoms with E-state index >= 15 is 0 Å². The third-order valence-corrected chi connectivity index (χ3v) is 7.23. The first-order valence-corrected chi connectivity index (χ1v) is 16.2. The Bertz CT molecular complexity index is 868. The Hall–Kier alpha value is -2.81. The summed E-state index contributed by atoms with van der Waals surface area (Å²) in [4.78, 5) is 57.2. The summed E-state index contributed by atoms with van der Waals surface area (Å²) in [7, 11) is 0. The zero-order chi connectivity index (χ0) is 33.3. The Labute approximate surface area is 265 Å². The molecule has 14 heteroatoms. The van der Waals surface area contributed by atoms with Crippen molar-refractivity contribution in [1.82, 2.24) is 5.32 Å². The normalized spacial score (nSPS) is 19.6. The smallest absolute Gasteiger partial charge is 0.305 e. The number of nitrogens with one attached hydrogen (secondary N) is 1. The molecule has 0 aromatic rings. The predicted molar refractivity (Wildman–Crippen MR) is 161 cm³/mol. The van der Waals surface area contributed by atoms with E-state index in [1.54, 1.807) is 0 Å². The van der Waals surface area contributed by atoms with E-state index in [9.17, 15) is 24.0 Å². The third kappa shape index (κ3) is 20.8. The van der Waals surface area contributed by atoms with E-state index in [-0.39, 0.29) is 64.1 Å². The fourth-order valence-corrected chi connectivity index (χ4v) is 4.74. The molecule has 1 aliphatic rings. The number of aliphatic carboxylic acids is 3. The van der Waals surface area contributed by atoms with Crippen molar-refractivity contribution in [2.75, 3.05) is 39.6 Å². The average Bonchev–Trinajstić information content (AvgIpc) is 2.98. The molecule has 1 rings (SSSR count). The van der Waals surface area contributed by atoms with Crippen LogP contribution in [0.2, 0.25) is 0 Å². The Morgan fingerprint density at radius 3 is 1.71 bits per heavy atom. The van der Waals surface area contributed by atoms with Gasteiger partial charge in [0.15, 0.2) is 0 Å². The van der Waals surface area contributed by atoms with Gasteiger partial charge in [-0.3, -0.25) is 24.0 Å². The fraction of sp³-hybridized carbons (Fsp3) is 0.839. The molecule has 14 nitrogen and oxygen atoms in total. The van der Waals surface area contributed by atoms with Crippen LogP contribution in [0.5, 0.6) is 0 Å². The highest BCUT2D eigenvalue weighted by molar-refractivity contribution is 5.75. The lowest BCUT2D eigenvalue weighted by Gasteiger charge is -2.42. The summed E-state index contributed by atoms with van der Waals surface area (Å²) < 4.78 is 28.3. The monoisotopic (exact) mass is 647 g/mol. The quantitative estimate of drug-likeness (QED) is 0.0712. The molecule has 4 N–H and O–H groups in total. The molecular formula is C31H53NO13. The number of rotatable bonds is 28. The Morgan fingerprint density at radius 1 is 0.644 bits per heavy atom. The number of unbranched alkanes of at least 4 members (excludes halogenated alkanes) is 8. The van der Waals surface area contributed by atoms with Crippen molar-refractivity contribution < 1.29 is 63.0 Å². The van der Waals surface area contributed by atoms with Gasteiger partial charge in [-0.25, -0.2) is 0 Å². The Kier molecular flexibility index (Phi) is 22.7. The molecule has 0 bridgehead atoms. The number of hydrogen-bond donors (Lipinski definition) is 4. The van der Waals surface area contributed by atoms with E-state index in [2.05, 4.69) is 12.2 Å². The lowest BCUT2D eigenvalue weighted by Crippen LogP contribution is -2.59. The zero-order valence-corrected chi connectivity index (χ0v) is 26.6. The van der Waals surface area contributed by atoms with E-state index in [4.69, 9.17) is 39.0 Å². The van der Waals surface area contributed by atoms with Gasteiger partial charge in [0.2, 0.25) is 5.91 Å². The number of carbonyl (C=O) groups is 5. The van der Waals surface area contributed by atoms with E-state index in [1.807, 2.05) is 0 Å². The van der Waals surface area contributed by atoms with Crippen LogP contribution in [0.25, 0.3) is 0 Å². The lowest BCUT2D eigenvalue weighted by molar-refractivity contribution is -0.230. The van der Waals surface area contributed by atoms with Crippen LogP contribution in [-0.4, -0.2) is 109 Å². The summed E-state index contributed by atoms with van der Waals surface area (Å²) in [5, 5.41) is 29.8. The minimum atomic E-state index is -1.08. The molecule has 0 aliphatic carbocycles. The van der Waals surface area contributed by atoms with Crippen LogP contribution >= 0.6 is 0 Å². The van der Waals surface area contributed by atoms with Crippen molar-refractivity contribution in [1.29, 1.82) is 0 Å². The minimum absolute atomic E-state index is 0.0142. The molecule has 1 heterocycles. The number of carboxylic acid groups (broad SMARTS) is 3. The van der Waals surface area contributed by atoms with Gasteiger partial charge in [0, 0.05) is 19.4 Å². The molecule has 1 unspecified atom stereocenters. The number of amides is 1. The van der Waals surface area contributed by atoms with Crippen molar-refractivity contribution in [3.63, 3.8) is 0 Å². The molecule has 0 saturated carbocycles. The van der Waals surface area contributed by atoms with Gasteiger partial charge in [-0.05, 0) is 19.3 Å². The van der Waals surface area contributed by atoms with Gasteiger partial charge < -0.3 is 44.3 Å². The highest BCUT2D eigenvalue weighted by atomic mass is 16.6. The molecule has 45 heavy (non-hydrogen) atoms. The minimum Gasteiger partial charge on any atom is -0.481 e. The highest BCUT2D eigenvalue weighted by Gasteiger charge is 2.43. The summed E-state index contributed by atoms with van der Waals surface area (Å²) in [5.74, 6) is -3.49. The van der Waals surface area contributed by atoms with Gasteiger partial charge in [-0.15, -0.1) is 0 Å². The molecule has 0 aromatic heterocycles.